The SMILES string of the molecule is COc1cccc(OC)c1/C(O)=C1\C(=O)C(=O)N(c2ccc(C)c(C)c2)C1c1cccc(OC(C)C)c1. The van der Waals surface area contributed by atoms with E-state index in [0.717, 1.165) is 11.1 Å². The van der Waals surface area contributed by atoms with Gasteiger partial charge < -0.3 is 19.3 Å². The second-order valence-electron chi connectivity index (χ2n) is 9.21. The van der Waals surface area contributed by atoms with E-state index < -0.39 is 17.7 Å². The highest BCUT2D eigenvalue weighted by Gasteiger charge is 2.47. The predicted molar refractivity (Wildman–Crippen MR) is 142 cm³/mol. The Morgan fingerprint density at radius 2 is 1.54 bits per heavy atom. The topological polar surface area (TPSA) is 85.3 Å². The van der Waals surface area contributed by atoms with Crippen molar-refractivity contribution in [1.29, 1.82) is 0 Å². The summed E-state index contributed by atoms with van der Waals surface area (Å²) in [5, 5.41) is 11.6. The number of carbonyl (C=O) groups excluding carboxylic acids is 2. The van der Waals surface area contributed by atoms with E-state index in [1.165, 1.54) is 19.1 Å². The number of benzene rings is 3. The summed E-state index contributed by atoms with van der Waals surface area (Å²) < 4.78 is 16.8. The average Bonchev–Trinajstić information content (AvgIpc) is 3.14. The van der Waals surface area contributed by atoms with Crippen molar-refractivity contribution in [3.63, 3.8) is 0 Å². The normalized spacial score (nSPS) is 16.8. The molecule has 1 atom stereocenters. The van der Waals surface area contributed by atoms with Crippen LogP contribution in [-0.2, 0) is 9.59 Å². The van der Waals surface area contributed by atoms with E-state index >= 15 is 0 Å². The number of aliphatic hydroxyl groups is 1. The molecule has 0 saturated carbocycles. The highest BCUT2D eigenvalue weighted by molar-refractivity contribution is 6.51. The third kappa shape index (κ3) is 4.77. The molecule has 37 heavy (non-hydrogen) atoms. The van der Waals surface area contributed by atoms with Crippen molar-refractivity contribution in [2.24, 2.45) is 0 Å². The monoisotopic (exact) mass is 501 g/mol. The number of aryl methyl sites for hydroxylation is 2. The van der Waals surface area contributed by atoms with Crippen LogP contribution in [0.25, 0.3) is 5.76 Å². The van der Waals surface area contributed by atoms with Gasteiger partial charge in [0.05, 0.1) is 31.9 Å². The quantitative estimate of drug-likeness (QED) is 0.253. The second-order valence-corrected chi connectivity index (χ2v) is 9.21. The molecule has 0 aromatic heterocycles. The molecule has 3 aromatic carbocycles. The number of hydrogen-bond donors (Lipinski definition) is 1. The maximum absolute atomic E-state index is 13.6. The van der Waals surface area contributed by atoms with Crippen LogP contribution >= 0.6 is 0 Å². The van der Waals surface area contributed by atoms with E-state index in [4.69, 9.17) is 14.2 Å². The molecule has 0 radical (unpaired) electrons. The largest absolute Gasteiger partial charge is 0.506 e. The number of ketones is 1. The Balaban J connectivity index is 2.01. The van der Waals surface area contributed by atoms with Gasteiger partial charge in [-0.25, -0.2) is 0 Å². The van der Waals surface area contributed by atoms with Crippen molar-refractivity contribution >= 4 is 23.1 Å². The highest BCUT2D eigenvalue weighted by Crippen LogP contribution is 2.45. The number of nitrogens with zero attached hydrogens (tertiary/aromatic N) is 1. The summed E-state index contributed by atoms with van der Waals surface area (Å²) in [6.07, 6.45) is -0.0702. The van der Waals surface area contributed by atoms with Crippen molar-refractivity contribution < 1.29 is 28.9 Å². The molecule has 1 heterocycles. The molecule has 7 nitrogen and oxygen atoms in total. The fourth-order valence-electron chi connectivity index (χ4n) is 4.54. The summed E-state index contributed by atoms with van der Waals surface area (Å²) in [6, 6.07) is 16.9. The Bertz CT molecular complexity index is 1370. The van der Waals surface area contributed by atoms with Crippen molar-refractivity contribution in [3.05, 3.63) is 88.5 Å². The molecule has 0 spiro atoms. The molecule has 0 bridgehead atoms. The number of methoxy groups -OCH3 is 2. The Hall–Kier alpha value is -4.26. The van der Waals surface area contributed by atoms with Crippen LogP contribution in [0.2, 0.25) is 0 Å². The maximum atomic E-state index is 13.6. The van der Waals surface area contributed by atoms with Gasteiger partial charge in [0, 0.05) is 5.69 Å². The van der Waals surface area contributed by atoms with Gasteiger partial charge >= 0.3 is 0 Å². The molecular weight excluding hydrogens is 470 g/mol. The lowest BCUT2D eigenvalue weighted by Gasteiger charge is -2.26. The van der Waals surface area contributed by atoms with Crippen LogP contribution in [0.15, 0.2) is 66.2 Å². The second kappa shape index (κ2) is 10.4. The Morgan fingerprint density at radius 3 is 2.14 bits per heavy atom. The predicted octanol–water partition coefficient (Wildman–Crippen LogP) is 5.73. The number of hydrogen-bond acceptors (Lipinski definition) is 6. The van der Waals surface area contributed by atoms with Crippen LogP contribution < -0.4 is 19.1 Å². The first-order valence-electron chi connectivity index (χ1n) is 12.0. The molecule has 1 N–H and O–H groups in total. The van der Waals surface area contributed by atoms with E-state index in [1.807, 2.05) is 52.0 Å². The fraction of sp³-hybridized carbons (Fsp3) is 0.267. The average molecular weight is 502 g/mol. The van der Waals surface area contributed by atoms with Crippen LogP contribution in [0.5, 0.6) is 17.2 Å². The standard InChI is InChI=1S/C30H31NO6/c1-17(2)37-22-10-7-9-20(16-22)27-26(28(32)25-23(35-5)11-8-12-24(25)36-6)29(33)30(34)31(27)21-14-13-18(3)19(4)15-21/h7-17,27,32H,1-6H3/b28-26+. The number of anilines is 1. The van der Waals surface area contributed by atoms with Crippen molar-refractivity contribution in [1.82, 2.24) is 0 Å². The van der Waals surface area contributed by atoms with E-state index in [-0.39, 0.29) is 23.0 Å². The van der Waals surface area contributed by atoms with Gasteiger partial charge in [-0.15, -0.1) is 0 Å². The summed E-state index contributed by atoms with van der Waals surface area (Å²) in [7, 11) is 2.92. The molecule has 4 rings (SSSR count). The Labute approximate surface area is 216 Å². The molecule has 192 valence electrons. The molecule has 1 aliphatic heterocycles. The molecule has 3 aromatic rings. The lowest BCUT2D eigenvalue weighted by Crippen LogP contribution is -2.29. The Morgan fingerprint density at radius 1 is 0.892 bits per heavy atom. The van der Waals surface area contributed by atoms with Gasteiger partial charge in [-0.1, -0.05) is 24.3 Å². The highest BCUT2D eigenvalue weighted by atomic mass is 16.5. The van der Waals surface area contributed by atoms with E-state index in [1.54, 1.807) is 36.4 Å². The van der Waals surface area contributed by atoms with E-state index in [9.17, 15) is 14.7 Å². The third-order valence-electron chi connectivity index (χ3n) is 6.42. The van der Waals surface area contributed by atoms with Crippen LogP contribution in [0.3, 0.4) is 0 Å². The number of Topliss-reactive ketones (excluding diaryl/α,β-unsaturated/α-hetero) is 1. The smallest absolute Gasteiger partial charge is 0.300 e. The zero-order valence-corrected chi connectivity index (χ0v) is 21.9. The lowest BCUT2D eigenvalue weighted by molar-refractivity contribution is -0.132. The number of rotatable bonds is 7. The van der Waals surface area contributed by atoms with Crippen molar-refractivity contribution in [2.75, 3.05) is 19.1 Å². The van der Waals surface area contributed by atoms with Gasteiger partial charge in [-0.05, 0) is 80.8 Å². The van der Waals surface area contributed by atoms with Crippen molar-refractivity contribution in [2.45, 2.75) is 39.8 Å². The summed E-state index contributed by atoms with van der Waals surface area (Å²) >= 11 is 0. The van der Waals surface area contributed by atoms with Crippen LogP contribution in [0.1, 0.15) is 42.1 Å². The number of aliphatic hydroxyl groups excluding tert-OH is 1. The minimum Gasteiger partial charge on any atom is -0.506 e. The summed E-state index contributed by atoms with van der Waals surface area (Å²) in [4.78, 5) is 28.5. The lowest BCUT2D eigenvalue weighted by atomic mass is 9.94. The van der Waals surface area contributed by atoms with E-state index in [2.05, 4.69) is 0 Å². The zero-order chi connectivity index (χ0) is 26.9. The first kappa shape index (κ1) is 25.8. The molecular formula is C30H31NO6. The molecule has 0 aliphatic carbocycles. The molecule has 1 fully saturated rings. The first-order valence-corrected chi connectivity index (χ1v) is 12.0. The minimum absolute atomic E-state index is 0.0623. The molecule has 1 saturated heterocycles. The number of amides is 1. The fourth-order valence-corrected chi connectivity index (χ4v) is 4.54. The third-order valence-corrected chi connectivity index (χ3v) is 6.42. The first-order chi connectivity index (χ1) is 17.7. The van der Waals surface area contributed by atoms with Gasteiger partial charge in [-0.3, -0.25) is 14.5 Å². The van der Waals surface area contributed by atoms with Crippen LogP contribution in [-0.4, -0.2) is 37.1 Å². The van der Waals surface area contributed by atoms with Crippen LogP contribution in [0, 0.1) is 13.8 Å². The number of carbonyl (C=O) groups is 2. The maximum Gasteiger partial charge on any atom is 0.300 e. The summed E-state index contributed by atoms with van der Waals surface area (Å²) in [6.45, 7) is 7.76. The van der Waals surface area contributed by atoms with Crippen molar-refractivity contribution in [3.8, 4) is 17.2 Å². The molecule has 1 unspecified atom stereocenters. The Kier molecular flexibility index (Phi) is 7.25. The number of ether oxygens (including phenoxy) is 3. The summed E-state index contributed by atoms with van der Waals surface area (Å²) in [5.74, 6) is -0.704. The zero-order valence-electron chi connectivity index (χ0n) is 21.9. The van der Waals surface area contributed by atoms with Gasteiger partial charge in [0.15, 0.2) is 0 Å². The van der Waals surface area contributed by atoms with Gasteiger partial charge in [0.2, 0.25) is 0 Å². The van der Waals surface area contributed by atoms with Crippen LogP contribution in [0.4, 0.5) is 5.69 Å². The van der Waals surface area contributed by atoms with Gasteiger partial charge in [0.25, 0.3) is 11.7 Å². The summed E-state index contributed by atoms with van der Waals surface area (Å²) in [5.41, 5.74) is 3.34. The molecule has 7 heteroatoms. The minimum atomic E-state index is -0.910. The molecule has 1 aliphatic rings. The molecule has 1 amide bonds. The van der Waals surface area contributed by atoms with E-state index in [0.29, 0.717) is 28.5 Å². The van der Waals surface area contributed by atoms with Gasteiger partial charge in [0.1, 0.15) is 28.6 Å². The van der Waals surface area contributed by atoms with Gasteiger partial charge in [-0.2, -0.15) is 0 Å².